The molecule has 0 saturated heterocycles. The molecule has 5 nitrogen and oxygen atoms in total. The van der Waals surface area contributed by atoms with E-state index in [0.717, 1.165) is 50.0 Å². The minimum atomic E-state index is -1.20. The van der Waals surface area contributed by atoms with Gasteiger partial charge in [0, 0.05) is 18.4 Å². The molecule has 0 aliphatic heterocycles. The predicted molar refractivity (Wildman–Crippen MR) is 140 cm³/mol. The molecular formula is C28H35Cl2N2O3+. The summed E-state index contributed by atoms with van der Waals surface area (Å²) in [6.45, 7) is 2.15. The van der Waals surface area contributed by atoms with Gasteiger partial charge in [-0.2, -0.15) is 0 Å². The molecule has 0 amide bonds. The Balaban J connectivity index is 1.40. The molecular weight excluding hydrogens is 483 g/mol. The highest BCUT2D eigenvalue weighted by Crippen LogP contribution is 2.43. The Kier molecular flexibility index (Phi) is 8.43. The van der Waals surface area contributed by atoms with Crippen LogP contribution in [0.4, 0.5) is 0 Å². The van der Waals surface area contributed by atoms with Crippen molar-refractivity contribution in [3.05, 3.63) is 82.0 Å². The van der Waals surface area contributed by atoms with Crippen LogP contribution in [0.1, 0.15) is 55.7 Å². The molecule has 1 heterocycles. The molecule has 0 unspecified atom stereocenters. The van der Waals surface area contributed by atoms with Crippen molar-refractivity contribution in [2.45, 2.75) is 50.7 Å². The zero-order chi connectivity index (χ0) is 24.9. The zero-order valence-electron chi connectivity index (χ0n) is 20.6. The summed E-state index contributed by atoms with van der Waals surface area (Å²) in [5.41, 5.74) is -0.349. The molecule has 2 aromatic carbocycles. The number of halogens is 2. The predicted octanol–water partition coefficient (Wildman–Crippen LogP) is 6.84. The minimum Gasteiger partial charge on any atom is -0.493 e. The third kappa shape index (κ3) is 6.39. The van der Waals surface area contributed by atoms with Crippen LogP contribution >= 0.6 is 23.2 Å². The summed E-state index contributed by atoms with van der Waals surface area (Å²) < 4.78 is 12.8. The van der Waals surface area contributed by atoms with Crippen molar-refractivity contribution >= 4 is 23.2 Å². The topological polar surface area (TPSA) is 55.5 Å². The summed E-state index contributed by atoms with van der Waals surface area (Å²) in [5.74, 6) is 2.01. The largest absolute Gasteiger partial charge is 0.493 e. The second-order valence-electron chi connectivity index (χ2n) is 10.2. The van der Waals surface area contributed by atoms with Crippen LogP contribution in [0.3, 0.4) is 0 Å². The number of quaternary nitrogens is 1. The number of nitrogens with zero attached hydrogens (tertiary/aromatic N) is 2. The highest BCUT2D eigenvalue weighted by Gasteiger charge is 2.44. The number of hydrogen-bond acceptors (Lipinski definition) is 4. The van der Waals surface area contributed by atoms with E-state index in [1.807, 2.05) is 36.4 Å². The molecule has 0 bridgehead atoms. The van der Waals surface area contributed by atoms with Crippen molar-refractivity contribution < 1.29 is 18.7 Å². The van der Waals surface area contributed by atoms with Crippen LogP contribution < -0.4 is 4.74 Å². The van der Waals surface area contributed by atoms with Crippen LogP contribution in [0.25, 0.3) is 0 Å². The molecule has 0 radical (unpaired) electrons. The molecule has 1 aliphatic carbocycles. The summed E-state index contributed by atoms with van der Waals surface area (Å²) >= 11 is 12.0. The van der Waals surface area contributed by atoms with Crippen LogP contribution in [0, 0.1) is 5.92 Å². The van der Waals surface area contributed by atoms with Gasteiger partial charge in [0.15, 0.2) is 11.4 Å². The smallest absolute Gasteiger partial charge is 0.231 e. The molecule has 1 saturated carbocycles. The van der Waals surface area contributed by atoms with Crippen molar-refractivity contribution in [1.82, 2.24) is 4.98 Å². The highest BCUT2D eigenvalue weighted by atomic mass is 35.5. The molecule has 1 aromatic heterocycles. The van der Waals surface area contributed by atoms with Crippen LogP contribution in [0.5, 0.6) is 5.75 Å². The number of aromatic nitrogens is 1. The normalized spacial score (nSPS) is 16.7. The lowest BCUT2D eigenvalue weighted by Gasteiger charge is -2.36. The van der Waals surface area contributed by atoms with Gasteiger partial charge in [-0.3, -0.25) is 0 Å². The van der Waals surface area contributed by atoms with E-state index in [2.05, 4.69) is 19.1 Å². The average Bonchev–Trinajstić information content (AvgIpc) is 3.33. The Morgan fingerprint density at radius 2 is 1.80 bits per heavy atom. The van der Waals surface area contributed by atoms with E-state index in [4.69, 9.17) is 32.4 Å². The Hall–Kier alpha value is -2.05. The molecule has 1 N–H and O–H groups in total. The zero-order valence-corrected chi connectivity index (χ0v) is 22.1. The van der Waals surface area contributed by atoms with Crippen molar-refractivity contribution in [2.24, 2.45) is 5.92 Å². The summed E-state index contributed by atoms with van der Waals surface area (Å²) in [5, 5.41) is 13.0. The van der Waals surface area contributed by atoms with E-state index < -0.39 is 5.60 Å². The molecule has 1 fully saturated rings. The second-order valence-corrected chi connectivity index (χ2v) is 11.0. The van der Waals surface area contributed by atoms with Crippen LogP contribution in [0.15, 0.2) is 59.1 Å². The van der Waals surface area contributed by atoms with Crippen LogP contribution in [0.2, 0.25) is 10.0 Å². The number of benzene rings is 2. The fraction of sp³-hybridized carbons (Fsp3) is 0.464. The number of ether oxygens (including phenoxy) is 1. The maximum absolute atomic E-state index is 12.0. The molecule has 1 aliphatic rings. The van der Waals surface area contributed by atoms with Crippen molar-refractivity contribution in [3.63, 3.8) is 0 Å². The van der Waals surface area contributed by atoms with E-state index in [1.165, 1.54) is 6.42 Å². The second kappa shape index (κ2) is 11.3. The molecule has 1 atom stereocenters. The van der Waals surface area contributed by atoms with Crippen molar-refractivity contribution in [2.75, 3.05) is 27.2 Å². The number of hydrogen-bond donors (Lipinski definition) is 1. The third-order valence-corrected chi connectivity index (χ3v) is 7.68. The first-order valence-corrected chi connectivity index (χ1v) is 13.2. The Bertz CT molecular complexity index is 1100. The maximum atomic E-state index is 12.0. The average molecular weight is 519 g/mol. The number of oxazole rings is 1. The monoisotopic (exact) mass is 517 g/mol. The fourth-order valence-corrected chi connectivity index (χ4v) is 5.34. The van der Waals surface area contributed by atoms with Gasteiger partial charge in [-0.15, -0.1) is 0 Å². The maximum Gasteiger partial charge on any atom is 0.231 e. The molecule has 188 valence electrons. The van der Waals surface area contributed by atoms with E-state index in [9.17, 15) is 5.11 Å². The van der Waals surface area contributed by atoms with Gasteiger partial charge in [0.2, 0.25) is 5.89 Å². The molecule has 35 heavy (non-hydrogen) atoms. The van der Waals surface area contributed by atoms with Crippen LogP contribution in [-0.4, -0.2) is 41.8 Å². The summed E-state index contributed by atoms with van der Waals surface area (Å²) in [6, 6.07) is 15.2. The minimum absolute atomic E-state index is 0.103. The van der Waals surface area contributed by atoms with Gasteiger partial charge in [0.05, 0.1) is 43.5 Å². The molecule has 7 heteroatoms. The van der Waals surface area contributed by atoms with Crippen molar-refractivity contribution in [1.29, 1.82) is 0 Å². The molecule has 3 aromatic rings. The van der Waals surface area contributed by atoms with Gasteiger partial charge in [0.1, 0.15) is 12.3 Å². The van der Waals surface area contributed by atoms with Crippen LogP contribution in [-0.2, 0) is 12.1 Å². The molecule has 4 rings (SSSR count). The Morgan fingerprint density at radius 1 is 1.06 bits per heavy atom. The summed E-state index contributed by atoms with van der Waals surface area (Å²) in [4.78, 5) is 4.60. The summed E-state index contributed by atoms with van der Waals surface area (Å²) in [6.07, 6.45) is 8.07. The van der Waals surface area contributed by atoms with E-state index >= 15 is 0 Å². The van der Waals surface area contributed by atoms with Gasteiger partial charge in [-0.1, -0.05) is 72.8 Å². The fourth-order valence-electron chi connectivity index (χ4n) is 5.05. The van der Waals surface area contributed by atoms with Crippen molar-refractivity contribution in [3.8, 4) is 5.75 Å². The first-order valence-electron chi connectivity index (χ1n) is 12.4. The summed E-state index contributed by atoms with van der Waals surface area (Å²) in [7, 11) is 4.32. The lowest BCUT2D eigenvalue weighted by molar-refractivity contribution is -0.904. The Morgan fingerprint density at radius 3 is 2.51 bits per heavy atom. The first kappa shape index (κ1) is 26.0. The van der Waals surface area contributed by atoms with E-state index in [1.54, 1.807) is 18.3 Å². The standard InChI is InChI=1S/C28H35Cl2N2O3/c1-32(2,16-9-17-34-23-14-15-25(29)26(30)18-23)20-24-19-31-27(35-24)28(33,21-10-5-3-6-11-21)22-12-7-4-8-13-22/h3,5-6,10-11,14-15,18-19,22,33H,4,7-9,12-13,16-17,20H2,1-2H3/q+1/t28-/m0/s1. The highest BCUT2D eigenvalue weighted by molar-refractivity contribution is 6.42. The van der Waals surface area contributed by atoms with E-state index in [-0.39, 0.29) is 5.92 Å². The lowest BCUT2D eigenvalue weighted by Crippen LogP contribution is -2.40. The first-order chi connectivity index (χ1) is 16.8. The van der Waals surface area contributed by atoms with Gasteiger partial charge < -0.3 is 18.7 Å². The van der Waals surface area contributed by atoms with Gasteiger partial charge >= 0.3 is 0 Å². The lowest BCUT2D eigenvalue weighted by atomic mass is 9.73. The van der Waals surface area contributed by atoms with Gasteiger partial charge in [-0.25, -0.2) is 4.98 Å². The quantitative estimate of drug-likeness (QED) is 0.236. The Labute approximate surface area is 218 Å². The van der Waals surface area contributed by atoms with Gasteiger partial charge in [0.25, 0.3) is 0 Å². The van der Waals surface area contributed by atoms with Gasteiger partial charge in [-0.05, 0) is 30.5 Å². The number of rotatable bonds is 10. The van der Waals surface area contributed by atoms with E-state index in [0.29, 0.717) is 39.3 Å². The molecule has 0 spiro atoms. The number of aliphatic hydroxyl groups is 1. The third-order valence-electron chi connectivity index (χ3n) is 6.94. The SMILES string of the molecule is C[N+](C)(CCCOc1ccc(Cl)c(Cl)c1)Cc1cnc([C@](O)(c2ccccc2)C2CCCCC2)o1.